The first kappa shape index (κ1) is 14.3. The van der Waals surface area contributed by atoms with E-state index in [2.05, 4.69) is 11.6 Å². The van der Waals surface area contributed by atoms with Gasteiger partial charge in [-0.3, -0.25) is 4.98 Å². The van der Waals surface area contributed by atoms with Crippen molar-refractivity contribution < 1.29 is 9.13 Å². The molecule has 0 aliphatic heterocycles. The lowest BCUT2D eigenvalue weighted by molar-refractivity contribution is 0.371. The topological polar surface area (TPSA) is 22.1 Å². The van der Waals surface area contributed by atoms with E-state index in [0.717, 1.165) is 27.6 Å². The van der Waals surface area contributed by atoms with Gasteiger partial charge in [0.15, 0.2) is 0 Å². The second kappa shape index (κ2) is 5.60. The van der Waals surface area contributed by atoms with E-state index in [1.54, 1.807) is 20.1 Å². The van der Waals surface area contributed by atoms with Gasteiger partial charge in [-0.1, -0.05) is 36.9 Å². The van der Waals surface area contributed by atoms with E-state index < -0.39 is 0 Å². The van der Waals surface area contributed by atoms with Crippen LogP contribution in [0.25, 0.3) is 27.8 Å². The van der Waals surface area contributed by atoms with E-state index >= 15 is 0 Å². The molecule has 0 aliphatic carbocycles. The first-order chi connectivity index (χ1) is 10.6. The Hall–Kier alpha value is -2.68. The third kappa shape index (κ3) is 2.46. The number of hydrogen-bond donors (Lipinski definition) is 0. The van der Waals surface area contributed by atoms with Crippen LogP contribution in [0.15, 0.2) is 55.1 Å². The van der Waals surface area contributed by atoms with Crippen LogP contribution in [0.4, 0.5) is 4.39 Å². The lowest BCUT2D eigenvalue weighted by atomic mass is 9.99. The minimum atomic E-state index is -0.294. The number of rotatable bonds is 3. The molecule has 0 saturated heterocycles. The molecule has 0 aliphatic rings. The Balaban J connectivity index is 2.24. The second-order valence-corrected chi connectivity index (χ2v) is 5.13. The summed E-state index contributed by atoms with van der Waals surface area (Å²) in [7, 11) is 1.60. The first-order valence-electron chi connectivity index (χ1n) is 6.99. The summed E-state index contributed by atoms with van der Waals surface area (Å²) in [5.41, 5.74) is 3.03. The van der Waals surface area contributed by atoms with Gasteiger partial charge in [0.05, 0.1) is 18.5 Å². The number of aromatic nitrogens is 1. The Morgan fingerprint density at radius 3 is 2.68 bits per heavy atom. The highest BCUT2D eigenvalue weighted by atomic mass is 19.1. The number of aryl methyl sites for hydroxylation is 1. The van der Waals surface area contributed by atoms with Crippen molar-refractivity contribution in [2.75, 3.05) is 7.11 Å². The van der Waals surface area contributed by atoms with E-state index in [1.165, 1.54) is 6.07 Å². The molecule has 0 amide bonds. The van der Waals surface area contributed by atoms with Gasteiger partial charge in [0.25, 0.3) is 0 Å². The van der Waals surface area contributed by atoms with Crippen molar-refractivity contribution in [3.8, 4) is 11.3 Å². The van der Waals surface area contributed by atoms with Gasteiger partial charge in [0.2, 0.25) is 0 Å². The number of halogens is 1. The lowest BCUT2D eigenvalue weighted by Crippen LogP contribution is -1.92. The van der Waals surface area contributed by atoms with Crippen LogP contribution < -0.4 is 0 Å². The zero-order valence-electron chi connectivity index (χ0n) is 12.6. The number of benzene rings is 2. The largest absolute Gasteiger partial charge is 0.497 e. The van der Waals surface area contributed by atoms with Crippen LogP contribution in [0.1, 0.15) is 11.3 Å². The van der Waals surface area contributed by atoms with Gasteiger partial charge in [0.1, 0.15) is 11.6 Å². The summed E-state index contributed by atoms with van der Waals surface area (Å²) in [5, 5.41) is 2.13. The predicted octanol–water partition coefficient (Wildman–Crippen LogP) is 4.97. The summed E-state index contributed by atoms with van der Waals surface area (Å²) >= 11 is 0. The summed E-state index contributed by atoms with van der Waals surface area (Å²) < 4.78 is 18.7. The highest BCUT2D eigenvalue weighted by Gasteiger charge is 2.09. The van der Waals surface area contributed by atoms with Crippen molar-refractivity contribution in [2.45, 2.75) is 6.92 Å². The molecule has 0 N–H and O–H groups in total. The molecule has 3 rings (SSSR count). The smallest absolute Gasteiger partial charge is 0.144 e. The lowest BCUT2D eigenvalue weighted by Gasteiger charge is -2.10. The Bertz CT molecular complexity index is 870. The fourth-order valence-corrected chi connectivity index (χ4v) is 2.48. The quantitative estimate of drug-likeness (QED) is 0.636. The van der Waals surface area contributed by atoms with Gasteiger partial charge >= 0.3 is 0 Å². The number of ether oxygens (including phenoxy) is 1. The molecule has 2 nitrogen and oxygen atoms in total. The fraction of sp³-hybridized carbons (Fsp3) is 0.105. The number of pyridine rings is 1. The van der Waals surface area contributed by atoms with Crippen LogP contribution >= 0.6 is 0 Å². The van der Waals surface area contributed by atoms with Gasteiger partial charge in [-0.25, -0.2) is 4.39 Å². The third-order valence-corrected chi connectivity index (χ3v) is 3.75. The van der Waals surface area contributed by atoms with E-state index in [9.17, 15) is 4.39 Å². The first-order valence-corrected chi connectivity index (χ1v) is 6.99. The van der Waals surface area contributed by atoms with Crippen molar-refractivity contribution in [3.63, 3.8) is 0 Å². The zero-order valence-corrected chi connectivity index (χ0v) is 12.6. The van der Waals surface area contributed by atoms with E-state index in [1.807, 2.05) is 36.4 Å². The maximum Gasteiger partial charge on any atom is 0.144 e. The van der Waals surface area contributed by atoms with E-state index in [-0.39, 0.29) is 5.82 Å². The van der Waals surface area contributed by atoms with Gasteiger partial charge in [0, 0.05) is 11.1 Å². The fourth-order valence-electron chi connectivity index (χ4n) is 2.48. The Kier molecular flexibility index (Phi) is 3.63. The molecule has 3 aromatic rings. The maximum atomic E-state index is 13.5. The summed E-state index contributed by atoms with van der Waals surface area (Å²) in [6.45, 7) is 5.56. The number of fused-ring (bicyclic) bond motifs is 1. The molecule has 0 radical (unpaired) electrons. The van der Waals surface area contributed by atoms with Crippen molar-refractivity contribution in [3.05, 3.63) is 72.2 Å². The highest BCUT2D eigenvalue weighted by molar-refractivity contribution is 5.97. The van der Waals surface area contributed by atoms with Crippen LogP contribution in [0.3, 0.4) is 0 Å². The van der Waals surface area contributed by atoms with Crippen molar-refractivity contribution >= 4 is 16.5 Å². The van der Waals surface area contributed by atoms with Crippen molar-refractivity contribution in [1.82, 2.24) is 4.98 Å². The SMILES string of the molecule is C=C(OC)c1ccc2cccc(-c3ccc(F)c(C)n3)c2c1. The number of nitrogens with zero attached hydrogens (tertiary/aromatic N) is 1. The molecule has 0 atom stereocenters. The monoisotopic (exact) mass is 293 g/mol. The average Bonchev–Trinajstić information content (AvgIpc) is 2.55. The maximum absolute atomic E-state index is 13.5. The normalized spacial score (nSPS) is 10.7. The summed E-state index contributed by atoms with van der Waals surface area (Å²) in [6, 6.07) is 15.2. The molecular weight excluding hydrogens is 277 g/mol. The summed E-state index contributed by atoms with van der Waals surface area (Å²) in [5.74, 6) is 0.317. The van der Waals surface area contributed by atoms with Crippen LogP contribution in [0.5, 0.6) is 0 Å². The van der Waals surface area contributed by atoms with Crippen LogP contribution in [-0.4, -0.2) is 12.1 Å². The van der Waals surface area contributed by atoms with Crippen molar-refractivity contribution in [1.29, 1.82) is 0 Å². The minimum absolute atomic E-state index is 0.294. The van der Waals surface area contributed by atoms with E-state index in [4.69, 9.17) is 4.74 Å². The second-order valence-electron chi connectivity index (χ2n) is 5.13. The Labute approximate surface area is 128 Å². The molecule has 0 saturated carbocycles. The van der Waals surface area contributed by atoms with Crippen LogP contribution in [-0.2, 0) is 4.74 Å². The zero-order chi connectivity index (χ0) is 15.7. The van der Waals surface area contributed by atoms with Gasteiger partial charge in [-0.05, 0) is 35.9 Å². The molecular formula is C19H16FNO. The molecule has 22 heavy (non-hydrogen) atoms. The molecule has 0 bridgehead atoms. The van der Waals surface area contributed by atoms with Gasteiger partial charge in [-0.15, -0.1) is 0 Å². The molecule has 0 unspecified atom stereocenters. The molecule has 0 fully saturated rings. The Morgan fingerprint density at radius 2 is 1.95 bits per heavy atom. The molecule has 3 heteroatoms. The van der Waals surface area contributed by atoms with E-state index in [0.29, 0.717) is 11.5 Å². The van der Waals surface area contributed by atoms with Gasteiger partial charge < -0.3 is 4.74 Å². The number of methoxy groups -OCH3 is 1. The standard InChI is InChI=1S/C19H16FNO/c1-12-18(20)9-10-19(21-12)16-6-4-5-14-7-8-15(11-17(14)16)13(2)22-3/h4-11H,2H2,1,3H3. The molecule has 110 valence electrons. The molecule has 1 aromatic heterocycles. The summed E-state index contributed by atoms with van der Waals surface area (Å²) in [4.78, 5) is 4.36. The summed E-state index contributed by atoms with van der Waals surface area (Å²) in [6.07, 6.45) is 0. The van der Waals surface area contributed by atoms with Gasteiger partial charge in [-0.2, -0.15) is 0 Å². The van der Waals surface area contributed by atoms with Crippen LogP contribution in [0, 0.1) is 12.7 Å². The molecule has 0 spiro atoms. The Morgan fingerprint density at radius 1 is 1.14 bits per heavy atom. The van der Waals surface area contributed by atoms with Crippen molar-refractivity contribution in [2.24, 2.45) is 0 Å². The van der Waals surface area contributed by atoms with Crippen LogP contribution in [0.2, 0.25) is 0 Å². The molecule has 1 heterocycles. The highest BCUT2D eigenvalue weighted by Crippen LogP contribution is 2.30. The third-order valence-electron chi connectivity index (χ3n) is 3.75. The molecule has 2 aromatic carbocycles. The predicted molar refractivity (Wildman–Crippen MR) is 87.9 cm³/mol. The minimum Gasteiger partial charge on any atom is -0.497 e. The number of hydrogen-bond acceptors (Lipinski definition) is 2. The average molecular weight is 293 g/mol.